The third-order valence-electron chi connectivity index (χ3n) is 3.91. The van der Waals surface area contributed by atoms with Crippen LogP contribution in [0.25, 0.3) is 0 Å². The Hall–Kier alpha value is -1.60. The van der Waals surface area contributed by atoms with Crippen LogP contribution in [0, 0.1) is 0 Å². The molecule has 0 bridgehead atoms. The van der Waals surface area contributed by atoms with Gasteiger partial charge in [0, 0.05) is 12.6 Å². The molecule has 0 heterocycles. The summed E-state index contributed by atoms with van der Waals surface area (Å²) in [5.74, 6) is 0.704. The van der Waals surface area contributed by atoms with Crippen molar-refractivity contribution < 1.29 is 0 Å². The molecule has 1 N–H and O–H groups in total. The number of hydrogen-bond donors (Lipinski definition) is 1. The van der Waals surface area contributed by atoms with E-state index in [2.05, 4.69) is 66.0 Å². The molecule has 1 saturated carbocycles. The Morgan fingerprint density at radius 1 is 0.833 bits per heavy atom. The van der Waals surface area contributed by atoms with E-state index >= 15 is 0 Å². The van der Waals surface area contributed by atoms with Crippen LogP contribution in [-0.4, -0.2) is 6.04 Å². The normalized spacial score (nSPS) is 22.4. The van der Waals surface area contributed by atoms with Gasteiger partial charge in [0.05, 0.1) is 0 Å². The van der Waals surface area contributed by atoms with Crippen molar-refractivity contribution in [3.8, 4) is 0 Å². The summed E-state index contributed by atoms with van der Waals surface area (Å²) < 4.78 is 0. The Morgan fingerprint density at radius 3 is 2.11 bits per heavy atom. The molecule has 2 aromatic carbocycles. The number of rotatable bonds is 4. The molecule has 1 aliphatic rings. The van der Waals surface area contributed by atoms with E-state index in [0.29, 0.717) is 12.0 Å². The topological polar surface area (TPSA) is 12.0 Å². The minimum atomic E-state index is 0.646. The second-order valence-corrected chi connectivity index (χ2v) is 5.07. The highest BCUT2D eigenvalue weighted by Gasteiger charge is 2.31. The molecule has 92 valence electrons. The maximum absolute atomic E-state index is 3.68. The van der Waals surface area contributed by atoms with Crippen molar-refractivity contribution in [2.45, 2.75) is 31.3 Å². The van der Waals surface area contributed by atoms with Crippen molar-refractivity contribution in [1.82, 2.24) is 5.32 Å². The molecule has 2 aromatic rings. The Labute approximate surface area is 109 Å². The fourth-order valence-electron chi connectivity index (χ4n) is 2.69. The molecule has 2 atom stereocenters. The van der Waals surface area contributed by atoms with E-state index in [1.807, 2.05) is 0 Å². The molecule has 1 fully saturated rings. The fraction of sp³-hybridized carbons (Fsp3) is 0.294. The van der Waals surface area contributed by atoms with E-state index in [9.17, 15) is 0 Å². The summed E-state index contributed by atoms with van der Waals surface area (Å²) in [5.41, 5.74) is 2.85. The zero-order valence-electron chi connectivity index (χ0n) is 10.5. The molecule has 0 saturated heterocycles. The number of hydrogen-bond acceptors (Lipinski definition) is 1. The Kier molecular flexibility index (Phi) is 3.42. The van der Waals surface area contributed by atoms with Crippen molar-refractivity contribution >= 4 is 0 Å². The first-order chi connectivity index (χ1) is 8.93. The van der Waals surface area contributed by atoms with Gasteiger partial charge in [0.2, 0.25) is 0 Å². The van der Waals surface area contributed by atoms with Crippen LogP contribution in [0.5, 0.6) is 0 Å². The summed E-state index contributed by atoms with van der Waals surface area (Å²) in [6, 6.07) is 22.2. The van der Waals surface area contributed by atoms with E-state index < -0.39 is 0 Å². The Bertz CT molecular complexity index is 477. The maximum Gasteiger partial charge on any atom is 0.0208 e. The van der Waals surface area contributed by atoms with Crippen LogP contribution in [0.4, 0.5) is 0 Å². The SMILES string of the molecule is c1ccc(CN[C@@H]2CC[C@H]2c2ccccc2)cc1. The summed E-state index contributed by atoms with van der Waals surface area (Å²) in [7, 11) is 0. The van der Waals surface area contributed by atoms with Gasteiger partial charge in [-0.3, -0.25) is 0 Å². The highest BCUT2D eigenvalue weighted by atomic mass is 14.9. The van der Waals surface area contributed by atoms with E-state index in [4.69, 9.17) is 0 Å². The average Bonchev–Trinajstić information content (AvgIpc) is 2.40. The lowest BCUT2D eigenvalue weighted by Gasteiger charge is -2.38. The second kappa shape index (κ2) is 5.36. The van der Waals surface area contributed by atoms with E-state index in [1.165, 1.54) is 24.0 Å². The second-order valence-electron chi connectivity index (χ2n) is 5.07. The Morgan fingerprint density at radius 2 is 1.50 bits per heavy atom. The van der Waals surface area contributed by atoms with Gasteiger partial charge in [-0.15, -0.1) is 0 Å². The first kappa shape index (κ1) is 11.5. The van der Waals surface area contributed by atoms with Gasteiger partial charge in [-0.05, 0) is 29.9 Å². The molecule has 0 aliphatic heterocycles. The van der Waals surface area contributed by atoms with Gasteiger partial charge < -0.3 is 5.32 Å². The standard InChI is InChI=1S/C17H19N/c1-3-7-14(8-4-1)13-18-17-12-11-16(17)15-9-5-2-6-10-15/h1-10,16-18H,11-13H2/t16-,17+/m0/s1. The molecule has 18 heavy (non-hydrogen) atoms. The zero-order chi connectivity index (χ0) is 12.2. The van der Waals surface area contributed by atoms with Crippen LogP contribution >= 0.6 is 0 Å². The van der Waals surface area contributed by atoms with E-state index in [0.717, 1.165) is 6.54 Å². The van der Waals surface area contributed by atoms with Crippen LogP contribution in [0.1, 0.15) is 29.9 Å². The third kappa shape index (κ3) is 2.46. The zero-order valence-corrected chi connectivity index (χ0v) is 10.5. The average molecular weight is 237 g/mol. The van der Waals surface area contributed by atoms with Gasteiger partial charge in [0.1, 0.15) is 0 Å². The highest BCUT2D eigenvalue weighted by Crippen LogP contribution is 2.36. The minimum Gasteiger partial charge on any atom is -0.309 e. The van der Waals surface area contributed by atoms with Crippen LogP contribution < -0.4 is 5.32 Å². The predicted molar refractivity (Wildman–Crippen MR) is 75.5 cm³/mol. The first-order valence-electron chi connectivity index (χ1n) is 6.76. The van der Waals surface area contributed by atoms with Gasteiger partial charge in [-0.25, -0.2) is 0 Å². The minimum absolute atomic E-state index is 0.646. The summed E-state index contributed by atoms with van der Waals surface area (Å²) in [6.45, 7) is 0.981. The largest absolute Gasteiger partial charge is 0.309 e. The number of nitrogens with one attached hydrogen (secondary N) is 1. The van der Waals surface area contributed by atoms with Crippen LogP contribution in [0.15, 0.2) is 60.7 Å². The van der Waals surface area contributed by atoms with Gasteiger partial charge in [-0.1, -0.05) is 60.7 Å². The monoisotopic (exact) mass is 237 g/mol. The van der Waals surface area contributed by atoms with Gasteiger partial charge in [0.15, 0.2) is 0 Å². The molecular weight excluding hydrogens is 218 g/mol. The molecule has 0 spiro atoms. The molecule has 3 rings (SSSR count). The predicted octanol–water partition coefficient (Wildman–Crippen LogP) is 3.72. The lowest BCUT2D eigenvalue weighted by atomic mass is 9.75. The third-order valence-corrected chi connectivity index (χ3v) is 3.91. The lowest BCUT2D eigenvalue weighted by molar-refractivity contribution is 0.282. The summed E-state index contributed by atoms with van der Waals surface area (Å²) >= 11 is 0. The first-order valence-corrected chi connectivity index (χ1v) is 6.76. The van der Waals surface area contributed by atoms with Crippen molar-refractivity contribution in [1.29, 1.82) is 0 Å². The van der Waals surface area contributed by atoms with Crippen LogP contribution in [0.3, 0.4) is 0 Å². The molecular formula is C17H19N. The van der Waals surface area contributed by atoms with Crippen molar-refractivity contribution in [3.05, 3.63) is 71.8 Å². The molecule has 0 amide bonds. The van der Waals surface area contributed by atoms with E-state index in [-0.39, 0.29) is 0 Å². The maximum atomic E-state index is 3.68. The molecule has 1 nitrogen and oxygen atoms in total. The molecule has 0 radical (unpaired) electrons. The molecule has 0 unspecified atom stereocenters. The quantitative estimate of drug-likeness (QED) is 0.854. The van der Waals surface area contributed by atoms with Gasteiger partial charge in [-0.2, -0.15) is 0 Å². The van der Waals surface area contributed by atoms with Crippen molar-refractivity contribution in [2.75, 3.05) is 0 Å². The molecule has 1 aliphatic carbocycles. The smallest absolute Gasteiger partial charge is 0.0208 e. The van der Waals surface area contributed by atoms with Gasteiger partial charge in [0.25, 0.3) is 0 Å². The fourth-order valence-corrected chi connectivity index (χ4v) is 2.69. The van der Waals surface area contributed by atoms with Crippen molar-refractivity contribution in [3.63, 3.8) is 0 Å². The van der Waals surface area contributed by atoms with E-state index in [1.54, 1.807) is 0 Å². The number of benzene rings is 2. The molecule has 1 heteroatoms. The molecule has 0 aromatic heterocycles. The van der Waals surface area contributed by atoms with Crippen LogP contribution in [-0.2, 0) is 6.54 Å². The highest BCUT2D eigenvalue weighted by molar-refractivity contribution is 5.24. The summed E-state index contributed by atoms with van der Waals surface area (Å²) in [5, 5.41) is 3.68. The summed E-state index contributed by atoms with van der Waals surface area (Å²) in [6.07, 6.45) is 2.61. The van der Waals surface area contributed by atoms with Crippen molar-refractivity contribution in [2.24, 2.45) is 0 Å². The lowest BCUT2D eigenvalue weighted by Crippen LogP contribution is -2.41. The summed E-state index contributed by atoms with van der Waals surface area (Å²) in [4.78, 5) is 0. The van der Waals surface area contributed by atoms with Crippen LogP contribution in [0.2, 0.25) is 0 Å². The Balaban J connectivity index is 1.58. The van der Waals surface area contributed by atoms with Gasteiger partial charge >= 0.3 is 0 Å².